The summed E-state index contributed by atoms with van der Waals surface area (Å²) in [6, 6.07) is 70.1. The van der Waals surface area contributed by atoms with Crippen LogP contribution in [-0.2, 0) is 98.0 Å². The molecule has 8 aromatic carbocycles. The third kappa shape index (κ3) is 17.2. The molecule has 0 aromatic heterocycles. The van der Waals surface area contributed by atoms with Gasteiger partial charge in [-0.05, 0) is 0 Å². The monoisotopic (exact) mass is 1090 g/mol. The van der Waals surface area contributed by atoms with Crippen LogP contribution < -0.4 is 45.6 Å². The topological polar surface area (TPSA) is 0 Å². The fourth-order valence-electron chi connectivity index (χ4n) is 9.21. The van der Waals surface area contributed by atoms with Gasteiger partial charge in [-0.25, -0.2) is 24.3 Å². The SMILES string of the molecule is [Cl-].[Cl-].[Zr+2]=[Si](c1ccccc1)c1ccccc1.[Zr+2]=[Si](c1ccccc1)c1ccccc1.c1cc2c([cH-]1)CCCC2.c1cc2c([cH-]1)CCCC2.c1cc2c([cH-]1)CCCC2.c1cc2c([cH-]1)CCCC2. The van der Waals surface area contributed by atoms with Crippen molar-refractivity contribution in [1.82, 2.24) is 0 Å². The molecule has 0 N–H and O–H groups in total. The maximum absolute atomic E-state index is 2.26. The first kappa shape index (κ1) is 54.0. The van der Waals surface area contributed by atoms with E-state index >= 15 is 0 Å². The molecule has 0 bridgehead atoms. The first-order chi connectivity index (χ1) is 31.6. The van der Waals surface area contributed by atoms with Crippen LogP contribution in [0.1, 0.15) is 95.9 Å². The van der Waals surface area contributed by atoms with E-state index < -0.39 is 10.9 Å². The van der Waals surface area contributed by atoms with Crippen LogP contribution in [0.15, 0.2) is 194 Å². The fourth-order valence-corrected chi connectivity index (χ4v) is 16.9. The van der Waals surface area contributed by atoms with Gasteiger partial charge >= 0.3 is 200 Å². The number of rotatable bonds is 4. The number of benzene rings is 4. The van der Waals surface area contributed by atoms with Crippen LogP contribution in [0.2, 0.25) is 0 Å². The Morgan fingerprint density at radius 2 is 0.470 bits per heavy atom. The summed E-state index contributed by atoms with van der Waals surface area (Å²) in [7, 11) is 0. The molecule has 4 aliphatic rings. The molecule has 0 aliphatic heterocycles. The molecule has 0 saturated heterocycles. The van der Waals surface area contributed by atoms with Crippen molar-refractivity contribution in [2.45, 2.75) is 103 Å². The standard InChI is InChI=1S/2C12H10Si.4C9H11.2ClH.2Zr/c2*1-3-7-11(8-4-1)13-12-9-5-2-6-10-12;4*1-2-5-9-7-3-6-8(9)4-1;;;;/h2*1-10H;4*3,6-7H,1-2,4-5H2;2*1H;;/q;;4*-1;;;2*+2/p-2. The zero-order valence-corrected chi connectivity index (χ0v) is 47.0. The maximum Gasteiger partial charge on any atom is -0.0512 e. The van der Waals surface area contributed by atoms with E-state index in [2.05, 4.69) is 194 Å². The third-order valence-electron chi connectivity index (χ3n) is 12.8. The van der Waals surface area contributed by atoms with Crippen molar-refractivity contribution in [1.29, 1.82) is 0 Å². The second kappa shape index (κ2) is 30.5. The predicted molar refractivity (Wildman–Crippen MR) is 271 cm³/mol. The van der Waals surface area contributed by atoms with Crippen molar-refractivity contribution in [2.75, 3.05) is 0 Å². The van der Waals surface area contributed by atoms with Crippen molar-refractivity contribution in [3.05, 3.63) is 239 Å². The smallest absolute Gasteiger partial charge is 0.0512 e. The maximum atomic E-state index is 2.26. The largest absolute Gasteiger partial charge is 0.210 e. The Labute approximate surface area is 440 Å². The second-order valence-electron chi connectivity index (χ2n) is 17.3. The Kier molecular flexibility index (Phi) is 25.0. The molecule has 0 atom stereocenters. The quantitative estimate of drug-likeness (QED) is 0.154. The van der Waals surface area contributed by atoms with Gasteiger partial charge < -0.3 is 24.8 Å². The molecule has 0 radical (unpaired) electrons. The van der Waals surface area contributed by atoms with Gasteiger partial charge in [-0.2, -0.15) is 93.0 Å². The molecule has 0 spiro atoms. The van der Waals surface area contributed by atoms with Crippen LogP contribution in [0.4, 0.5) is 0 Å². The molecule has 8 aromatic rings. The second-order valence-corrected chi connectivity index (χ2v) is 28.5. The average molecular weight is 1090 g/mol. The molecule has 0 saturated carbocycles. The Balaban J connectivity index is 0.000000149. The molecule has 0 unspecified atom stereocenters. The number of hydrogen-bond donors (Lipinski definition) is 0. The minimum absolute atomic E-state index is 0. The molecule has 0 nitrogen and oxygen atoms in total. The van der Waals surface area contributed by atoms with Gasteiger partial charge in [0.05, 0.1) is 0 Å². The molecular formula is C60H64Cl2Si2Zr2-2. The summed E-state index contributed by atoms with van der Waals surface area (Å²) < 4.78 is 0. The molecule has 336 valence electrons. The molecular weight excluding hydrogens is 1030 g/mol. The van der Waals surface area contributed by atoms with Crippen LogP contribution in [0.25, 0.3) is 0 Å². The molecule has 12 rings (SSSR count). The fraction of sp³-hybridized carbons (Fsp3) is 0.267. The van der Waals surface area contributed by atoms with Crippen LogP contribution in [0.3, 0.4) is 0 Å². The molecule has 0 fully saturated rings. The zero-order chi connectivity index (χ0) is 44.0. The average Bonchev–Trinajstić information content (AvgIpc) is 4.24. The number of hydrogen-bond acceptors (Lipinski definition) is 0. The Bertz CT molecular complexity index is 2110. The van der Waals surface area contributed by atoms with E-state index in [9.17, 15) is 0 Å². The summed E-state index contributed by atoms with van der Waals surface area (Å²) >= 11 is 3.29. The number of aryl methyl sites for hydroxylation is 8. The summed E-state index contributed by atoms with van der Waals surface area (Å²) in [6.07, 6.45) is 21.8. The van der Waals surface area contributed by atoms with E-state index in [1.807, 2.05) is 0 Å². The summed E-state index contributed by atoms with van der Waals surface area (Å²) in [5.41, 5.74) is 11.9. The Morgan fingerprint density at radius 3 is 0.667 bits per heavy atom. The van der Waals surface area contributed by atoms with Gasteiger partial charge in [0, 0.05) is 0 Å². The summed E-state index contributed by atoms with van der Waals surface area (Å²) in [5, 5.41) is 6.06. The van der Waals surface area contributed by atoms with Crippen LogP contribution in [0, 0.1) is 0 Å². The van der Waals surface area contributed by atoms with Crippen molar-refractivity contribution < 1.29 is 71.5 Å². The van der Waals surface area contributed by atoms with E-state index in [1.54, 1.807) is 91.2 Å². The van der Waals surface area contributed by atoms with Gasteiger partial charge in [0.2, 0.25) is 0 Å². The van der Waals surface area contributed by atoms with Crippen molar-refractivity contribution in [3.8, 4) is 0 Å². The summed E-state index contributed by atoms with van der Waals surface area (Å²) in [4.78, 5) is 0. The first-order valence-corrected chi connectivity index (χ1v) is 34.3. The molecule has 4 aliphatic carbocycles. The van der Waals surface area contributed by atoms with Crippen LogP contribution in [0.5, 0.6) is 0 Å². The van der Waals surface area contributed by atoms with Crippen LogP contribution >= 0.6 is 0 Å². The van der Waals surface area contributed by atoms with E-state index in [0.29, 0.717) is 0 Å². The first-order valence-electron chi connectivity index (χ1n) is 23.9. The van der Waals surface area contributed by atoms with E-state index in [-0.39, 0.29) is 24.8 Å². The van der Waals surface area contributed by atoms with E-state index in [4.69, 9.17) is 0 Å². The molecule has 66 heavy (non-hydrogen) atoms. The zero-order valence-electron chi connectivity index (χ0n) is 38.5. The third-order valence-corrected chi connectivity index (χ3v) is 25.0. The minimum Gasteiger partial charge on any atom is -0.210 e. The van der Waals surface area contributed by atoms with Gasteiger partial charge in [-0.15, -0.1) is 0 Å². The Morgan fingerprint density at radius 1 is 0.273 bits per heavy atom. The van der Waals surface area contributed by atoms with Gasteiger partial charge in [-0.1, -0.05) is 103 Å². The molecule has 0 heterocycles. The van der Waals surface area contributed by atoms with Crippen molar-refractivity contribution in [3.63, 3.8) is 0 Å². The van der Waals surface area contributed by atoms with Crippen LogP contribution in [-0.4, -0.2) is 10.9 Å². The van der Waals surface area contributed by atoms with Gasteiger partial charge in [0.1, 0.15) is 0 Å². The van der Waals surface area contributed by atoms with Crippen molar-refractivity contribution >= 4 is 31.6 Å². The summed E-state index contributed by atoms with van der Waals surface area (Å²) in [6.45, 7) is 0. The Hall–Kier alpha value is -2.94. The number of fused-ring (bicyclic) bond motifs is 4. The number of halogens is 2. The molecule has 6 heteroatoms. The predicted octanol–water partition coefficient (Wildman–Crippen LogP) is 5.82. The summed E-state index contributed by atoms with van der Waals surface area (Å²) in [5.74, 6) is 0. The van der Waals surface area contributed by atoms with Gasteiger partial charge in [0.15, 0.2) is 0 Å². The van der Waals surface area contributed by atoms with Gasteiger partial charge in [0.25, 0.3) is 0 Å². The van der Waals surface area contributed by atoms with Gasteiger partial charge in [-0.3, -0.25) is 0 Å². The van der Waals surface area contributed by atoms with Crippen molar-refractivity contribution in [2.24, 2.45) is 0 Å². The van der Waals surface area contributed by atoms with E-state index in [0.717, 1.165) is 0 Å². The molecule has 0 amide bonds. The normalized spacial score (nSPS) is 13.6. The van der Waals surface area contributed by atoms with E-state index in [1.165, 1.54) is 123 Å². The minimum atomic E-state index is -0.455.